The van der Waals surface area contributed by atoms with Gasteiger partial charge < -0.3 is 10.2 Å². The molecule has 1 aromatic carbocycles. The topological polar surface area (TPSA) is 32.3 Å². The Morgan fingerprint density at radius 1 is 1.42 bits per heavy atom. The molecule has 1 heterocycles. The van der Waals surface area contributed by atoms with Crippen molar-refractivity contribution in [2.24, 2.45) is 0 Å². The smallest absolute Gasteiger partial charge is 0.223 e. The Labute approximate surface area is 125 Å². The molecular weight excluding hydrogens is 324 g/mol. The van der Waals surface area contributed by atoms with E-state index in [1.807, 2.05) is 30.3 Å². The highest BCUT2D eigenvalue weighted by atomic mass is 79.9. The molecule has 1 aromatic heterocycles. The number of thiophene rings is 1. The average molecular weight is 339 g/mol. The quantitative estimate of drug-likeness (QED) is 0.909. The summed E-state index contributed by atoms with van der Waals surface area (Å²) in [7, 11) is 1.78. The molecule has 0 unspecified atom stereocenters. The molecule has 0 bridgehead atoms. The second-order valence-corrected chi connectivity index (χ2v) is 6.03. The van der Waals surface area contributed by atoms with E-state index in [1.165, 1.54) is 4.88 Å². The van der Waals surface area contributed by atoms with Crippen LogP contribution in [0.4, 0.5) is 11.4 Å². The molecule has 2 rings (SSSR count). The summed E-state index contributed by atoms with van der Waals surface area (Å²) in [6.45, 7) is 2.33. The number of rotatable bonds is 4. The van der Waals surface area contributed by atoms with E-state index in [4.69, 9.17) is 0 Å². The third kappa shape index (κ3) is 3.58. The van der Waals surface area contributed by atoms with Gasteiger partial charge in [-0.2, -0.15) is 0 Å². The van der Waals surface area contributed by atoms with Crippen LogP contribution in [-0.2, 0) is 11.3 Å². The number of benzene rings is 1. The summed E-state index contributed by atoms with van der Waals surface area (Å²) in [6.07, 6.45) is 0. The first-order chi connectivity index (χ1) is 9.08. The van der Waals surface area contributed by atoms with Gasteiger partial charge in [0.2, 0.25) is 5.91 Å². The van der Waals surface area contributed by atoms with Crippen molar-refractivity contribution in [3.8, 4) is 0 Å². The normalized spacial score (nSPS) is 10.3. The van der Waals surface area contributed by atoms with E-state index in [0.717, 1.165) is 22.4 Å². The van der Waals surface area contributed by atoms with E-state index in [2.05, 4.69) is 26.6 Å². The van der Waals surface area contributed by atoms with E-state index < -0.39 is 0 Å². The summed E-state index contributed by atoms with van der Waals surface area (Å²) in [5.74, 6) is 0.0261. The minimum atomic E-state index is 0.0261. The van der Waals surface area contributed by atoms with Gasteiger partial charge in [-0.1, -0.05) is 6.07 Å². The van der Waals surface area contributed by atoms with Crippen molar-refractivity contribution in [3.63, 3.8) is 0 Å². The first kappa shape index (κ1) is 14.1. The number of amides is 1. The zero-order valence-corrected chi connectivity index (χ0v) is 13.2. The number of nitrogens with zero attached hydrogens (tertiary/aromatic N) is 1. The summed E-state index contributed by atoms with van der Waals surface area (Å²) in [4.78, 5) is 14.2. The molecular formula is C14H15BrN2OS. The molecule has 0 aliphatic carbocycles. The molecule has 0 fully saturated rings. The number of carbonyl (C=O) groups excluding carboxylic acids is 1. The van der Waals surface area contributed by atoms with E-state index in [9.17, 15) is 4.79 Å². The maximum atomic E-state index is 11.3. The fourth-order valence-electron chi connectivity index (χ4n) is 1.64. The molecule has 3 nitrogen and oxygen atoms in total. The van der Waals surface area contributed by atoms with Gasteiger partial charge in [0.1, 0.15) is 0 Å². The van der Waals surface area contributed by atoms with Gasteiger partial charge >= 0.3 is 0 Å². The molecule has 0 aliphatic rings. The molecule has 0 radical (unpaired) electrons. The molecule has 0 atom stereocenters. The fraction of sp³-hybridized carbons (Fsp3) is 0.214. The molecule has 0 spiro atoms. The molecule has 5 heteroatoms. The second kappa shape index (κ2) is 6.21. The van der Waals surface area contributed by atoms with Gasteiger partial charge in [0, 0.05) is 34.7 Å². The summed E-state index contributed by atoms with van der Waals surface area (Å²) in [5.41, 5.74) is 1.90. The lowest BCUT2D eigenvalue weighted by atomic mass is 10.2. The van der Waals surface area contributed by atoms with E-state index in [1.54, 1.807) is 30.2 Å². The summed E-state index contributed by atoms with van der Waals surface area (Å²) >= 11 is 5.22. The zero-order valence-electron chi connectivity index (χ0n) is 10.8. The van der Waals surface area contributed by atoms with E-state index in [0.29, 0.717) is 0 Å². The van der Waals surface area contributed by atoms with Gasteiger partial charge in [-0.25, -0.2) is 0 Å². The third-order valence-electron chi connectivity index (χ3n) is 2.85. The number of carbonyl (C=O) groups is 1. The number of anilines is 2. The predicted molar refractivity (Wildman–Crippen MR) is 84.9 cm³/mol. The van der Waals surface area contributed by atoms with Gasteiger partial charge in [-0.3, -0.25) is 4.79 Å². The fourth-order valence-corrected chi connectivity index (χ4v) is 3.07. The Kier molecular flexibility index (Phi) is 4.61. The van der Waals surface area contributed by atoms with Gasteiger partial charge in [0.25, 0.3) is 0 Å². The zero-order chi connectivity index (χ0) is 13.8. The molecule has 19 heavy (non-hydrogen) atoms. The van der Waals surface area contributed by atoms with Crippen LogP contribution in [0, 0.1) is 0 Å². The molecule has 100 valence electrons. The maximum absolute atomic E-state index is 11.3. The van der Waals surface area contributed by atoms with Crippen molar-refractivity contribution >= 4 is 44.5 Å². The Bertz CT molecular complexity index is 582. The Morgan fingerprint density at radius 3 is 2.84 bits per heavy atom. The standard InChI is InChI=1S/C14H15BrN2OS/c1-10(18)17(2)12-5-3-4-11(8-12)16-9-14-13(15)6-7-19-14/h3-8,16H,9H2,1-2H3. The first-order valence-corrected chi connectivity index (χ1v) is 7.55. The van der Waals surface area contributed by atoms with Crippen LogP contribution in [0.5, 0.6) is 0 Å². The highest BCUT2D eigenvalue weighted by Gasteiger charge is 2.06. The van der Waals surface area contributed by atoms with Crippen molar-refractivity contribution in [2.45, 2.75) is 13.5 Å². The van der Waals surface area contributed by atoms with Crippen LogP contribution in [0.2, 0.25) is 0 Å². The molecule has 0 saturated carbocycles. The molecule has 0 saturated heterocycles. The minimum Gasteiger partial charge on any atom is -0.380 e. The van der Waals surface area contributed by atoms with Crippen LogP contribution in [0.3, 0.4) is 0 Å². The van der Waals surface area contributed by atoms with Crippen LogP contribution >= 0.6 is 27.3 Å². The minimum absolute atomic E-state index is 0.0261. The maximum Gasteiger partial charge on any atom is 0.223 e. The van der Waals surface area contributed by atoms with Crippen molar-refractivity contribution in [3.05, 3.63) is 45.1 Å². The average Bonchev–Trinajstić information content (AvgIpc) is 2.81. The lowest BCUT2D eigenvalue weighted by molar-refractivity contribution is -0.116. The molecule has 2 aromatic rings. The van der Waals surface area contributed by atoms with Crippen LogP contribution in [-0.4, -0.2) is 13.0 Å². The lowest BCUT2D eigenvalue weighted by Crippen LogP contribution is -2.22. The van der Waals surface area contributed by atoms with Crippen LogP contribution < -0.4 is 10.2 Å². The van der Waals surface area contributed by atoms with Crippen molar-refractivity contribution in [2.75, 3.05) is 17.3 Å². The van der Waals surface area contributed by atoms with E-state index >= 15 is 0 Å². The highest BCUT2D eigenvalue weighted by molar-refractivity contribution is 9.10. The van der Waals surface area contributed by atoms with Crippen molar-refractivity contribution in [1.82, 2.24) is 0 Å². The summed E-state index contributed by atoms with van der Waals surface area (Å²) in [6, 6.07) is 9.89. The monoisotopic (exact) mass is 338 g/mol. The number of nitrogens with one attached hydrogen (secondary N) is 1. The molecule has 0 aliphatic heterocycles. The number of hydrogen-bond donors (Lipinski definition) is 1. The summed E-state index contributed by atoms with van der Waals surface area (Å²) in [5, 5.41) is 5.42. The van der Waals surface area contributed by atoms with E-state index in [-0.39, 0.29) is 5.91 Å². The Hall–Kier alpha value is -1.33. The van der Waals surface area contributed by atoms with Gasteiger partial charge in [0.15, 0.2) is 0 Å². The molecule has 1 amide bonds. The SMILES string of the molecule is CC(=O)N(C)c1cccc(NCc2sccc2Br)c1. The largest absolute Gasteiger partial charge is 0.380 e. The van der Waals surface area contributed by atoms with Gasteiger partial charge in [-0.05, 0) is 45.6 Å². The van der Waals surface area contributed by atoms with Crippen molar-refractivity contribution < 1.29 is 4.79 Å². The molecule has 1 N–H and O–H groups in total. The Morgan fingerprint density at radius 2 is 2.21 bits per heavy atom. The predicted octanol–water partition coefficient (Wildman–Crippen LogP) is 4.11. The van der Waals surface area contributed by atoms with Crippen LogP contribution in [0.15, 0.2) is 40.2 Å². The third-order valence-corrected chi connectivity index (χ3v) is 4.78. The van der Waals surface area contributed by atoms with Crippen LogP contribution in [0.1, 0.15) is 11.8 Å². The number of hydrogen-bond acceptors (Lipinski definition) is 3. The highest BCUT2D eigenvalue weighted by Crippen LogP contribution is 2.24. The summed E-state index contributed by atoms with van der Waals surface area (Å²) < 4.78 is 1.13. The Balaban J connectivity index is 2.07. The first-order valence-electron chi connectivity index (χ1n) is 5.88. The van der Waals surface area contributed by atoms with Crippen LogP contribution in [0.25, 0.3) is 0 Å². The number of halogens is 1. The van der Waals surface area contributed by atoms with Gasteiger partial charge in [-0.15, -0.1) is 11.3 Å². The van der Waals surface area contributed by atoms with Gasteiger partial charge in [0.05, 0.1) is 6.54 Å². The second-order valence-electron chi connectivity index (χ2n) is 4.17. The lowest BCUT2D eigenvalue weighted by Gasteiger charge is -2.16. The van der Waals surface area contributed by atoms with Crippen molar-refractivity contribution in [1.29, 1.82) is 0 Å².